The van der Waals surface area contributed by atoms with Crippen molar-refractivity contribution < 1.29 is 19.4 Å². The second-order valence-corrected chi connectivity index (χ2v) is 6.44. The summed E-state index contributed by atoms with van der Waals surface area (Å²) in [6.07, 6.45) is 0.848. The molecular formula is C17H22N2O4S. The molecule has 6 nitrogen and oxygen atoms in total. The van der Waals surface area contributed by atoms with Gasteiger partial charge in [-0.05, 0) is 38.7 Å². The Labute approximate surface area is 145 Å². The molecule has 0 saturated carbocycles. The minimum absolute atomic E-state index is 0.0689. The molecule has 0 unspecified atom stereocenters. The first-order chi connectivity index (χ1) is 11.5. The average Bonchev–Trinajstić information content (AvgIpc) is 2.99. The van der Waals surface area contributed by atoms with Gasteiger partial charge >= 0.3 is 5.97 Å². The Kier molecular flexibility index (Phi) is 6.57. The molecule has 0 spiro atoms. The van der Waals surface area contributed by atoms with E-state index in [1.165, 1.54) is 11.3 Å². The van der Waals surface area contributed by atoms with Gasteiger partial charge in [-0.15, -0.1) is 11.3 Å². The molecule has 24 heavy (non-hydrogen) atoms. The van der Waals surface area contributed by atoms with E-state index in [1.54, 1.807) is 12.5 Å². The van der Waals surface area contributed by atoms with Gasteiger partial charge in [-0.1, -0.05) is 0 Å². The molecule has 2 aromatic rings. The van der Waals surface area contributed by atoms with Crippen molar-refractivity contribution in [3.63, 3.8) is 0 Å². The van der Waals surface area contributed by atoms with Crippen LogP contribution >= 0.6 is 11.3 Å². The Morgan fingerprint density at radius 1 is 1.33 bits per heavy atom. The predicted molar refractivity (Wildman–Crippen MR) is 94.1 cm³/mol. The summed E-state index contributed by atoms with van der Waals surface area (Å²) >= 11 is 1.42. The fourth-order valence-electron chi connectivity index (χ4n) is 2.16. The summed E-state index contributed by atoms with van der Waals surface area (Å²) in [6, 6.07) is 5.63. The minimum Gasteiger partial charge on any atom is -0.493 e. The van der Waals surface area contributed by atoms with Crippen LogP contribution in [0.4, 0.5) is 0 Å². The molecule has 0 atom stereocenters. The number of thiazole rings is 1. The highest BCUT2D eigenvalue weighted by atomic mass is 32.1. The fourth-order valence-corrected chi connectivity index (χ4v) is 2.98. The van der Waals surface area contributed by atoms with Crippen molar-refractivity contribution in [3.05, 3.63) is 29.3 Å². The molecule has 1 heterocycles. The van der Waals surface area contributed by atoms with E-state index in [-0.39, 0.29) is 6.42 Å². The Morgan fingerprint density at radius 2 is 2.12 bits per heavy atom. The van der Waals surface area contributed by atoms with Gasteiger partial charge in [-0.2, -0.15) is 0 Å². The molecule has 130 valence electrons. The van der Waals surface area contributed by atoms with Crippen molar-refractivity contribution in [1.82, 2.24) is 9.88 Å². The molecule has 0 bridgehead atoms. The molecule has 0 amide bonds. The van der Waals surface area contributed by atoms with Crippen molar-refractivity contribution in [2.75, 3.05) is 34.4 Å². The number of aliphatic carboxylic acids is 1. The molecule has 0 fully saturated rings. The molecule has 0 radical (unpaired) electrons. The molecule has 1 aromatic heterocycles. The number of carbonyl (C=O) groups is 1. The maximum Gasteiger partial charge on any atom is 0.309 e. The summed E-state index contributed by atoms with van der Waals surface area (Å²) in [5, 5.41) is 11.4. The smallest absolute Gasteiger partial charge is 0.309 e. The normalized spacial score (nSPS) is 10.8. The van der Waals surface area contributed by atoms with Crippen molar-refractivity contribution in [2.24, 2.45) is 0 Å². The summed E-state index contributed by atoms with van der Waals surface area (Å²) in [4.78, 5) is 17.3. The highest BCUT2D eigenvalue weighted by molar-refractivity contribution is 7.13. The molecule has 0 aliphatic carbocycles. The quantitative estimate of drug-likeness (QED) is 0.701. The van der Waals surface area contributed by atoms with E-state index in [9.17, 15) is 4.79 Å². The van der Waals surface area contributed by atoms with Crippen LogP contribution in [0.25, 0.3) is 10.6 Å². The SMILES string of the molecule is COc1ccc(-c2nc(CC(=O)O)cs2)cc1OCCCN(C)C. The Morgan fingerprint density at radius 3 is 2.79 bits per heavy atom. The number of hydrogen-bond donors (Lipinski definition) is 1. The van der Waals surface area contributed by atoms with E-state index >= 15 is 0 Å². The van der Waals surface area contributed by atoms with Crippen LogP contribution in [0.1, 0.15) is 12.1 Å². The van der Waals surface area contributed by atoms with Crippen LogP contribution < -0.4 is 9.47 Å². The standard InChI is InChI=1S/C17H22N2O4S/c1-19(2)7-4-8-23-15-9-12(5-6-14(15)22-3)17-18-13(11-24-17)10-16(20)21/h5-6,9,11H,4,7-8,10H2,1-3H3,(H,20,21). The summed E-state index contributed by atoms with van der Waals surface area (Å²) in [6.45, 7) is 1.55. The van der Waals surface area contributed by atoms with Gasteiger partial charge in [0.15, 0.2) is 11.5 Å². The first kappa shape index (κ1) is 18.2. The third kappa shape index (κ3) is 5.21. The van der Waals surface area contributed by atoms with E-state index in [0.717, 1.165) is 23.5 Å². The number of rotatable bonds is 9. The molecule has 1 aromatic carbocycles. The zero-order valence-electron chi connectivity index (χ0n) is 14.1. The summed E-state index contributed by atoms with van der Waals surface area (Å²) in [5.41, 5.74) is 1.45. The Balaban J connectivity index is 2.12. The van der Waals surface area contributed by atoms with Crippen LogP contribution in [0.3, 0.4) is 0 Å². The number of methoxy groups -OCH3 is 1. The van der Waals surface area contributed by atoms with Crippen LogP contribution in [0.5, 0.6) is 11.5 Å². The number of carboxylic acid groups (broad SMARTS) is 1. The fraction of sp³-hybridized carbons (Fsp3) is 0.412. The van der Waals surface area contributed by atoms with E-state index < -0.39 is 5.97 Å². The minimum atomic E-state index is -0.883. The van der Waals surface area contributed by atoms with Gasteiger partial charge in [-0.3, -0.25) is 4.79 Å². The number of ether oxygens (including phenoxy) is 2. The number of hydrogen-bond acceptors (Lipinski definition) is 6. The Bertz CT molecular complexity index is 685. The molecule has 7 heteroatoms. The van der Waals surface area contributed by atoms with Gasteiger partial charge in [0.05, 0.1) is 25.8 Å². The van der Waals surface area contributed by atoms with Crippen molar-refractivity contribution in [1.29, 1.82) is 0 Å². The predicted octanol–water partition coefficient (Wildman–Crippen LogP) is 2.78. The summed E-state index contributed by atoms with van der Waals surface area (Å²) < 4.78 is 11.2. The molecule has 0 aliphatic heterocycles. The van der Waals surface area contributed by atoms with Crippen molar-refractivity contribution in [3.8, 4) is 22.1 Å². The highest BCUT2D eigenvalue weighted by Gasteiger charge is 2.11. The second-order valence-electron chi connectivity index (χ2n) is 5.59. The van der Waals surface area contributed by atoms with Crippen LogP contribution in [0.15, 0.2) is 23.6 Å². The van der Waals surface area contributed by atoms with E-state index in [0.29, 0.717) is 23.8 Å². The lowest BCUT2D eigenvalue weighted by atomic mass is 10.2. The van der Waals surface area contributed by atoms with Gasteiger partial charge in [0.25, 0.3) is 0 Å². The zero-order valence-corrected chi connectivity index (χ0v) is 14.9. The largest absolute Gasteiger partial charge is 0.493 e. The van der Waals surface area contributed by atoms with Crippen molar-refractivity contribution in [2.45, 2.75) is 12.8 Å². The summed E-state index contributed by atoms with van der Waals surface area (Å²) in [5.74, 6) is 0.459. The number of benzene rings is 1. The van der Waals surface area contributed by atoms with E-state index in [4.69, 9.17) is 14.6 Å². The topological polar surface area (TPSA) is 71.9 Å². The first-order valence-electron chi connectivity index (χ1n) is 7.61. The molecular weight excluding hydrogens is 328 g/mol. The van der Waals surface area contributed by atoms with Gasteiger partial charge in [0.2, 0.25) is 0 Å². The maximum absolute atomic E-state index is 10.8. The first-order valence-corrected chi connectivity index (χ1v) is 8.49. The molecule has 0 aliphatic rings. The zero-order chi connectivity index (χ0) is 17.5. The molecule has 0 saturated heterocycles. The lowest BCUT2D eigenvalue weighted by Gasteiger charge is -2.13. The van der Waals surface area contributed by atoms with Crippen LogP contribution in [-0.2, 0) is 11.2 Å². The number of carboxylic acids is 1. The van der Waals surface area contributed by atoms with Gasteiger partial charge in [0, 0.05) is 17.5 Å². The van der Waals surface area contributed by atoms with Crippen LogP contribution in [0.2, 0.25) is 0 Å². The maximum atomic E-state index is 10.8. The molecule has 2 rings (SSSR count). The monoisotopic (exact) mass is 350 g/mol. The average molecular weight is 350 g/mol. The number of aromatic nitrogens is 1. The Hall–Kier alpha value is -2.12. The van der Waals surface area contributed by atoms with Gasteiger partial charge in [0.1, 0.15) is 5.01 Å². The third-order valence-electron chi connectivity index (χ3n) is 3.30. The van der Waals surface area contributed by atoms with Gasteiger partial charge < -0.3 is 19.5 Å². The van der Waals surface area contributed by atoms with Crippen molar-refractivity contribution >= 4 is 17.3 Å². The summed E-state index contributed by atoms with van der Waals surface area (Å²) in [7, 11) is 5.66. The van der Waals surface area contributed by atoms with E-state index in [2.05, 4.69) is 9.88 Å². The third-order valence-corrected chi connectivity index (χ3v) is 4.24. The second kappa shape index (κ2) is 8.65. The highest BCUT2D eigenvalue weighted by Crippen LogP contribution is 2.34. The molecule has 1 N–H and O–H groups in total. The lowest BCUT2D eigenvalue weighted by Crippen LogP contribution is -2.15. The van der Waals surface area contributed by atoms with Gasteiger partial charge in [-0.25, -0.2) is 4.98 Å². The van der Waals surface area contributed by atoms with Crippen LogP contribution in [-0.4, -0.2) is 55.3 Å². The number of nitrogens with zero attached hydrogens (tertiary/aromatic N) is 2. The van der Waals surface area contributed by atoms with E-state index in [1.807, 2.05) is 32.3 Å². The van der Waals surface area contributed by atoms with Crippen LogP contribution in [0, 0.1) is 0 Å². The lowest BCUT2D eigenvalue weighted by molar-refractivity contribution is -0.136.